The number of aliphatic imine (C=N–C) groups is 1. The molecule has 2 N–H and O–H groups in total. The first-order valence-electron chi connectivity index (χ1n) is 9.02. The monoisotopic (exact) mass is 378 g/mol. The van der Waals surface area contributed by atoms with Gasteiger partial charge in [-0.15, -0.1) is 11.3 Å². The normalized spacial score (nSPS) is 13.2. The van der Waals surface area contributed by atoms with Gasteiger partial charge in [0.25, 0.3) is 0 Å². The summed E-state index contributed by atoms with van der Waals surface area (Å²) < 4.78 is 10.8. The van der Waals surface area contributed by atoms with Gasteiger partial charge in [-0.25, -0.2) is 0 Å². The maximum absolute atomic E-state index is 5.60. The predicted octanol–water partition coefficient (Wildman–Crippen LogP) is 3.11. The molecule has 0 fully saturated rings. The van der Waals surface area contributed by atoms with Crippen LogP contribution in [-0.2, 0) is 11.3 Å². The summed E-state index contributed by atoms with van der Waals surface area (Å²) in [5, 5.41) is 8.79. The Morgan fingerprint density at radius 1 is 1.31 bits per heavy atom. The fourth-order valence-electron chi connectivity index (χ4n) is 2.46. The number of furan rings is 1. The number of nitrogens with zero attached hydrogens (tertiary/aromatic N) is 2. The number of thiophene rings is 1. The van der Waals surface area contributed by atoms with E-state index in [-0.39, 0.29) is 0 Å². The second-order valence-electron chi connectivity index (χ2n) is 6.13. The Morgan fingerprint density at radius 2 is 2.19 bits per heavy atom. The topological polar surface area (TPSA) is 62.0 Å². The average Bonchev–Trinajstić information content (AvgIpc) is 3.31. The molecule has 0 aromatic carbocycles. The van der Waals surface area contributed by atoms with E-state index in [0.29, 0.717) is 19.3 Å². The van der Waals surface area contributed by atoms with Crippen LogP contribution in [0.4, 0.5) is 0 Å². The molecular weight excluding hydrogens is 348 g/mol. The van der Waals surface area contributed by atoms with Crippen LogP contribution < -0.4 is 10.6 Å². The number of rotatable bonds is 11. The lowest BCUT2D eigenvalue weighted by Crippen LogP contribution is -2.38. The Morgan fingerprint density at radius 3 is 2.85 bits per heavy atom. The molecule has 2 aromatic rings. The van der Waals surface area contributed by atoms with Crippen molar-refractivity contribution >= 4 is 17.3 Å². The molecule has 0 saturated heterocycles. The van der Waals surface area contributed by atoms with Crippen molar-refractivity contribution in [1.82, 2.24) is 15.5 Å². The highest BCUT2D eigenvalue weighted by Gasteiger charge is 2.14. The van der Waals surface area contributed by atoms with Crippen molar-refractivity contribution in [3.63, 3.8) is 0 Å². The molecule has 0 aliphatic heterocycles. The summed E-state index contributed by atoms with van der Waals surface area (Å²) in [7, 11) is 4.19. The van der Waals surface area contributed by atoms with Crippen LogP contribution in [-0.4, -0.2) is 51.2 Å². The molecule has 0 spiro atoms. The summed E-state index contributed by atoms with van der Waals surface area (Å²) >= 11 is 1.77. The van der Waals surface area contributed by atoms with Gasteiger partial charge < -0.3 is 24.7 Å². The SMILES string of the molecule is CCNC(=NCC(c1cccs1)N(C)C)NCCCOCc1ccco1. The molecule has 1 unspecified atom stereocenters. The van der Waals surface area contributed by atoms with Crippen LogP contribution >= 0.6 is 11.3 Å². The number of likely N-dealkylation sites (N-methyl/N-ethyl adjacent to an activating group) is 1. The van der Waals surface area contributed by atoms with Gasteiger partial charge in [0.1, 0.15) is 12.4 Å². The molecule has 144 valence electrons. The van der Waals surface area contributed by atoms with E-state index in [1.807, 2.05) is 12.1 Å². The number of hydrogen-bond donors (Lipinski definition) is 2. The molecule has 2 aromatic heterocycles. The van der Waals surface area contributed by atoms with Gasteiger partial charge in [-0.2, -0.15) is 0 Å². The molecule has 0 saturated carbocycles. The third-order valence-electron chi connectivity index (χ3n) is 3.84. The van der Waals surface area contributed by atoms with Crippen LogP contribution in [0.15, 0.2) is 45.3 Å². The Kier molecular flexibility index (Phi) is 9.23. The van der Waals surface area contributed by atoms with Crippen LogP contribution in [0.1, 0.15) is 30.0 Å². The summed E-state index contributed by atoms with van der Waals surface area (Å²) in [5.41, 5.74) is 0. The summed E-state index contributed by atoms with van der Waals surface area (Å²) in [6, 6.07) is 8.34. The number of ether oxygens (including phenoxy) is 1. The molecule has 2 rings (SSSR count). The Bertz CT molecular complexity index is 612. The lowest BCUT2D eigenvalue weighted by molar-refractivity contribution is 0.105. The van der Waals surface area contributed by atoms with Gasteiger partial charge in [0.15, 0.2) is 5.96 Å². The van der Waals surface area contributed by atoms with Crippen LogP contribution in [0, 0.1) is 0 Å². The lowest BCUT2D eigenvalue weighted by Gasteiger charge is -2.22. The molecule has 0 amide bonds. The van der Waals surface area contributed by atoms with Gasteiger partial charge >= 0.3 is 0 Å². The van der Waals surface area contributed by atoms with Gasteiger partial charge in [0.2, 0.25) is 0 Å². The second-order valence-corrected chi connectivity index (χ2v) is 7.11. The minimum absolute atomic E-state index is 0.294. The molecule has 0 radical (unpaired) electrons. The van der Waals surface area contributed by atoms with Gasteiger partial charge in [-0.1, -0.05) is 6.07 Å². The van der Waals surface area contributed by atoms with E-state index in [4.69, 9.17) is 14.1 Å². The van der Waals surface area contributed by atoms with Gasteiger partial charge in [-0.05, 0) is 51.0 Å². The number of hydrogen-bond acceptors (Lipinski definition) is 5. The van der Waals surface area contributed by atoms with Gasteiger partial charge in [0.05, 0.1) is 18.8 Å². The molecule has 1 atom stereocenters. The van der Waals surface area contributed by atoms with Crippen molar-refractivity contribution < 1.29 is 9.15 Å². The third-order valence-corrected chi connectivity index (χ3v) is 4.82. The standard InChI is InChI=1S/C19H30N4O2S/c1-4-20-19(21-10-7-11-24-15-16-8-5-12-25-16)22-14-17(23(2)3)18-9-6-13-26-18/h5-6,8-9,12-13,17H,4,7,10-11,14-15H2,1-3H3,(H2,20,21,22). The van der Waals surface area contributed by atoms with Crippen LogP contribution in [0.2, 0.25) is 0 Å². The highest BCUT2D eigenvalue weighted by atomic mass is 32.1. The van der Waals surface area contributed by atoms with Crippen molar-refractivity contribution in [2.75, 3.05) is 40.3 Å². The molecule has 7 heteroatoms. The van der Waals surface area contributed by atoms with Crippen LogP contribution in [0.25, 0.3) is 0 Å². The van der Waals surface area contributed by atoms with E-state index < -0.39 is 0 Å². The molecule has 26 heavy (non-hydrogen) atoms. The first-order chi connectivity index (χ1) is 12.7. The maximum Gasteiger partial charge on any atom is 0.191 e. The Labute approximate surface area is 160 Å². The summed E-state index contributed by atoms with van der Waals surface area (Å²) in [6.45, 7) is 5.65. The van der Waals surface area contributed by atoms with E-state index in [1.54, 1.807) is 17.6 Å². The summed E-state index contributed by atoms with van der Waals surface area (Å²) in [4.78, 5) is 8.30. The first-order valence-corrected chi connectivity index (χ1v) is 9.90. The fourth-order valence-corrected chi connectivity index (χ4v) is 3.37. The highest BCUT2D eigenvalue weighted by molar-refractivity contribution is 7.10. The van der Waals surface area contributed by atoms with Gasteiger partial charge in [-0.3, -0.25) is 4.99 Å². The Balaban J connectivity index is 1.73. The fraction of sp³-hybridized carbons (Fsp3) is 0.526. The molecule has 2 heterocycles. The van der Waals surface area contributed by atoms with Crippen molar-refractivity contribution in [2.24, 2.45) is 4.99 Å². The van der Waals surface area contributed by atoms with Crippen LogP contribution in [0.5, 0.6) is 0 Å². The van der Waals surface area contributed by atoms with E-state index >= 15 is 0 Å². The van der Waals surface area contributed by atoms with E-state index in [2.05, 4.69) is 54.1 Å². The van der Waals surface area contributed by atoms with E-state index in [1.165, 1.54) is 4.88 Å². The smallest absolute Gasteiger partial charge is 0.191 e. The zero-order valence-electron chi connectivity index (χ0n) is 15.9. The van der Waals surface area contributed by atoms with Crippen molar-refractivity contribution in [2.45, 2.75) is 26.0 Å². The maximum atomic E-state index is 5.60. The van der Waals surface area contributed by atoms with Crippen LogP contribution in [0.3, 0.4) is 0 Å². The molecular formula is C19H30N4O2S. The van der Waals surface area contributed by atoms with E-state index in [9.17, 15) is 0 Å². The third kappa shape index (κ3) is 7.19. The lowest BCUT2D eigenvalue weighted by atomic mass is 10.2. The van der Waals surface area contributed by atoms with Crippen molar-refractivity contribution in [3.8, 4) is 0 Å². The number of guanidine groups is 1. The zero-order valence-corrected chi connectivity index (χ0v) is 16.7. The minimum atomic E-state index is 0.294. The van der Waals surface area contributed by atoms with E-state index in [0.717, 1.165) is 37.8 Å². The van der Waals surface area contributed by atoms with Gasteiger partial charge in [0, 0.05) is 24.6 Å². The number of nitrogens with one attached hydrogen (secondary N) is 2. The quantitative estimate of drug-likeness (QED) is 0.357. The zero-order chi connectivity index (χ0) is 18.6. The molecule has 0 aliphatic carbocycles. The molecule has 6 nitrogen and oxygen atoms in total. The summed E-state index contributed by atoms with van der Waals surface area (Å²) in [6.07, 6.45) is 2.57. The Hall–Kier alpha value is -1.83. The molecule has 0 aliphatic rings. The average molecular weight is 379 g/mol. The molecule has 0 bridgehead atoms. The second kappa shape index (κ2) is 11.7. The van der Waals surface area contributed by atoms with Crippen molar-refractivity contribution in [3.05, 3.63) is 46.5 Å². The highest BCUT2D eigenvalue weighted by Crippen LogP contribution is 2.23. The summed E-state index contributed by atoms with van der Waals surface area (Å²) in [5.74, 6) is 1.71. The van der Waals surface area contributed by atoms with Crippen molar-refractivity contribution in [1.29, 1.82) is 0 Å². The first kappa shape index (κ1) is 20.5. The largest absolute Gasteiger partial charge is 0.467 e. The minimum Gasteiger partial charge on any atom is -0.467 e. The predicted molar refractivity (Wildman–Crippen MR) is 108 cm³/mol.